The maximum Gasteiger partial charge on any atom is 0.191 e. The number of guanidine groups is 1. The molecule has 1 aromatic rings. The van der Waals surface area contributed by atoms with Crippen LogP contribution in [0.1, 0.15) is 24.5 Å². The summed E-state index contributed by atoms with van der Waals surface area (Å²) in [5, 5.41) is 10.8. The molecule has 1 heterocycles. The van der Waals surface area contributed by atoms with Crippen molar-refractivity contribution in [3.63, 3.8) is 0 Å². The first-order valence-electron chi connectivity index (χ1n) is 7.56. The molecule has 0 bridgehead atoms. The van der Waals surface area contributed by atoms with Crippen LogP contribution in [-0.4, -0.2) is 48.3 Å². The second kappa shape index (κ2) is 5.66. The lowest BCUT2D eigenvalue weighted by Crippen LogP contribution is -2.48. The predicted molar refractivity (Wildman–Crippen MR) is 82.1 cm³/mol. The number of aliphatic hydroxyl groups is 1. The molecule has 2 aliphatic rings. The highest BCUT2D eigenvalue weighted by Crippen LogP contribution is 2.36. The summed E-state index contributed by atoms with van der Waals surface area (Å²) >= 11 is 0. The van der Waals surface area contributed by atoms with E-state index in [2.05, 4.69) is 11.1 Å². The fraction of sp³-hybridized carbons (Fsp3) is 0.562. The largest absolute Gasteiger partial charge is 0.383 e. The minimum absolute atomic E-state index is 0.169. The summed E-state index contributed by atoms with van der Waals surface area (Å²) in [4.78, 5) is 6.48. The van der Waals surface area contributed by atoms with Gasteiger partial charge in [-0.15, -0.1) is 0 Å². The summed E-state index contributed by atoms with van der Waals surface area (Å²) in [6.07, 6.45) is 1.78. The van der Waals surface area contributed by atoms with Gasteiger partial charge < -0.3 is 20.5 Å². The molecule has 0 spiro atoms. The van der Waals surface area contributed by atoms with Gasteiger partial charge in [0.2, 0.25) is 0 Å². The van der Waals surface area contributed by atoms with Crippen molar-refractivity contribution in [3.8, 4) is 0 Å². The Bertz CT molecular complexity index is 546. The van der Waals surface area contributed by atoms with E-state index in [1.807, 2.05) is 30.0 Å². The lowest BCUT2D eigenvalue weighted by Gasteiger charge is -2.32. The molecule has 3 rings (SSSR count). The van der Waals surface area contributed by atoms with Crippen LogP contribution in [0.4, 0.5) is 0 Å². The molecule has 1 aliphatic carbocycles. The van der Waals surface area contributed by atoms with Gasteiger partial charge in [-0.1, -0.05) is 24.3 Å². The van der Waals surface area contributed by atoms with Gasteiger partial charge in [-0.25, -0.2) is 4.99 Å². The molecule has 0 amide bonds. The molecule has 1 aromatic carbocycles. The Morgan fingerprint density at radius 1 is 1.52 bits per heavy atom. The summed E-state index contributed by atoms with van der Waals surface area (Å²) in [5.74, 6) is 0.503. The molecule has 5 heteroatoms. The number of hydrogen-bond acceptors (Lipinski definition) is 3. The summed E-state index contributed by atoms with van der Waals surface area (Å²) < 4.78 is 5.50. The lowest BCUT2D eigenvalue weighted by atomic mass is 9.96. The summed E-state index contributed by atoms with van der Waals surface area (Å²) in [7, 11) is 0. The molecule has 3 N–H and O–H groups in total. The van der Waals surface area contributed by atoms with Crippen LogP contribution < -0.4 is 5.73 Å². The third kappa shape index (κ3) is 2.89. The second-order valence-electron chi connectivity index (χ2n) is 5.99. The average molecular weight is 289 g/mol. The number of ether oxygens (including phenoxy) is 1. The van der Waals surface area contributed by atoms with Gasteiger partial charge in [0.05, 0.1) is 19.3 Å². The van der Waals surface area contributed by atoms with Crippen LogP contribution >= 0.6 is 0 Å². The maximum absolute atomic E-state index is 10.8. The zero-order valence-corrected chi connectivity index (χ0v) is 12.5. The van der Waals surface area contributed by atoms with Crippen molar-refractivity contribution in [3.05, 3.63) is 35.4 Å². The number of aryl methyl sites for hydroxylation is 1. The normalized spacial score (nSPS) is 29.5. The number of nitrogens with zero attached hydrogens (tertiary/aromatic N) is 2. The SMILES string of the molecule is CC1CN(C(N)=NCC2(O)CCc3ccccc32)CCO1. The third-order valence-corrected chi connectivity index (χ3v) is 4.39. The predicted octanol–water partition coefficient (Wildman–Crippen LogP) is 0.856. The van der Waals surface area contributed by atoms with Crippen molar-refractivity contribution in [1.29, 1.82) is 0 Å². The van der Waals surface area contributed by atoms with Crippen molar-refractivity contribution < 1.29 is 9.84 Å². The molecule has 2 atom stereocenters. The van der Waals surface area contributed by atoms with Crippen LogP contribution in [0, 0.1) is 0 Å². The van der Waals surface area contributed by atoms with Crippen molar-refractivity contribution in [2.24, 2.45) is 10.7 Å². The monoisotopic (exact) mass is 289 g/mol. The summed E-state index contributed by atoms with van der Waals surface area (Å²) in [6.45, 7) is 4.53. The van der Waals surface area contributed by atoms with Gasteiger partial charge in [0.25, 0.3) is 0 Å². The Balaban J connectivity index is 1.71. The van der Waals surface area contributed by atoms with Crippen LogP contribution in [0.25, 0.3) is 0 Å². The highest BCUT2D eigenvalue weighted by atomic mass is 16.5. The number of benzene rings is 1. The van der Waals surface area contributed by atoms with Crippen LogP contribution in [0.5, 0.6) is 0 Å². The van der Waals surface area contributed by atoms with E-state index in [1.165, 1.54) is 5.56 Å². The van der Waals surface area contributed by atoms with Crippen molar-refractivity contribution in [2.75, 3.05) is 26.2 Å². The highest BCUT2D eigenvalue weighted by molar-refractivity contribution is 5.78. The van der Waals surface area contributed by atoms with Crippen molar-refractivity contribution in [1.82, 2.24) is 4.90 Å². The zero-order chi connectivity index (χ0) is 14.9. The van der Waals surface area contributed by atoms with Gasteiger partial charge in [0, 0.05) is 13.1 Å². The second-order valence-corrected chi connectivity index (χ2v) is 5.99. The first-order valence-corrected chi connectivity index (χ1v) is 7.56. The van der Waals surface area contributed by atoms with Crippen molar-refractivity contribution >= 4 is 5.96 Å². The van der Waals surface area contributed by atoms with E-state index >= 15 is 0 Å². The Hall–Kier alpha value is -1.59. The van der Waals surface area contributed by atoms with E-state index in [1.54, 1.807) is 0 Å². The lowest BCUT2D eigenvalue weighted by molar-refractivity contribution is 0.00482. The molecule has 1 fully saturated rings. The molecule has 5 nitrogen and oxygen atoms in total. The van der Waals surface area contributed by atoms with E-state index in [0.717, 1.165) is 25.1 Å². The standard InChI is InChI=1S/C16H23N3O2/c1-12-10-19(8-9-21-12)15(17)18-11-16(20)7-6-13-4-2-3-5-14(13)16/h2-5,12,20H,6-11H2,1H3,(H2,17,18). The number of fused-ring (bicyclic) bond motifs is 1. The van der Waals surface area contributed by atoms with Gasteiger partial charge in [-0.2, -0.15) is 0 Å². The van der Waals surface area contributed by atoms with Crippen LogP contribution in [0.3, 0.4) is 0 Å². The Kier molecular flexibility index (Phi) is 3.87. The maximum atomic E-state index is 10.8. The fourth-order valence-electron chi connectivity index (χ4n) is 3.17. The Morgan fingerprint density at radius 3 is 3.14 bits per heavy atom. The van der Waals surface area contributed by atoms with Gasteiger partial charge >= 0.3 is 0 Å². The van der Waals surface area contributed by atoms with E-state index in [9.17, 15) is 5.11 Å². The van der Waals surface area contributed by atoms with Gasteiger partial charge in [-0.3, -0.25) is 0 Å². The minimum atomic E-state index is -0.876. The third-order valence-electron chi connectivity index (χ3n) is 4.39. The first kappa shape index (κ1) is 14.4. The molecule has 0 saturated carbocycles. The Labute approximate surface area is 125 Å². The van der Waals surface area contributed by atoms with E-state index < -0.39 is 5.60 Å². The van der Waals surface area contributed by atoms with E-state index in [4.69, 9.17) is 10.5 Å². The molecule has 2 unspecified atom stereocenters. The molecule has 21 heavy (non-hydrogen) atoms. The van der Waals surface area contributed by atoms with Crippen molar-refractivity contribution in [2.45, 2.75) is 31.5 Å². The quantitative estimate of drug-likeness (QED) is 0.625. The number of rotatable bonds is 2. The molecule has 114 valence electrons. The van der Waals surface area contributed by atoms with Gasteiger partial charge in [-0.05, 0) is 30.9 Å². The van der Waals surface area contributed by atoms with Crippen LogP contribution in [-0.2, 0) is 16.8 Å². The molecular weight excluding hydrogens is 266 g/mol. The average Bonchev–Trinajstić information content (AvgIpc) is 2.83. The topological polar surface area (TPSA) is 71.1 Å². The minimum Gasteiger partial charge on any atom is -0.383 e. The number of nitrogens with two attached hydrogens (primary N) is 1. The highest BCUT2D eigenvalue weighted by Gasteiger charge is 2.36. The molecule has 0 aromatic heterocycles. The molecule has 1 saturated heterocycles. The number of aliphatic imine (C=N–C) groups is 1. The number of hydrogen-bond donors (Lipinski definition) is 2. The smallest absolute Gasteiger partial charge is 0.191 e. The molecular formula is C16H23N3O2. The number of morpholine rings is 1. The van der Waals surface area contributed by atoms with Gasteiger partial charge in [0.1, 0.15) is 5.60 Å². The van der Waals surface area contributed by atoms with Crippen LogP contribution in [0.15, 0.2) is 29.3 Å². The summed E-state index contributed by atoms with van der Waals surface area (Å²) in [6, 6.07) is 8.04. The van der Waals surface area contributed by atoms with E-state index in [0.29, 0.717) is 25.5 Å². The molecule has 1 aliphatic heterocycles. The first-order chi connectivity index (χ1) is 10.1. The summed E-state index contributed by atoms with van der Waals surface area (Å²) in [5.41, 5.74) is 7.41. The van der Waals surface area contributed by atoms with Crippen LogP contribution in [0.2, 0.25) is 0 Å². The molecule has 0 radical (unpaired) electrons. The van der Waals surface area contributed by atoms with Gasteiger partial charge in [0.15, 0.2) is 5.96 Å². The van der Waals surface area contributed by atoms with E-state index in [-0.39, 0.29) is 6.10 Å². The Morgan fingerprint density at radius 2 is 2.33 bits per heavy atom. The fourth-order valence-corrected chi connectivity index (χ4v) is 3.17. The zero-order valence-electron chi connectivity index (χ0n) is 12.5.